The molecule has 4 N–H and O–H groups in total. The van der Waals surface area contributed by atoms with Crippen molar-refractivity contribution in [2.45, 2.75) is 26.4 Å². The fourth-order valence-corrected chi connectivity index (χ4v) is 4.26. The molecule has 0 aliphatic carbocycles. The van der Waals surface area contributed by atoms with Gasteiger partial charge in [-0.15, -0.1) is 0 Å². The number of aliphatic hydroxyl groups is 1. The number of phenolic OH excluding ortho intramolecular Hbond substituents is 3. The molecule has 10 heteroatoms. The fourth-order valence-electron chi connectivity index (χ4n) is 4.26. The number of aromatic hydroxyl groups is 3. The molecule has 0 radical (unpaired) electrons. The highest BCUT2D eigenvalue weighted by atomic mass is 16.5. The van der Waals surface area contributed by atoms with E-state index in [2.05, 4.69) is 0 Å². The average molecular weight is 525 g/mol. The average Bonchev–Trinajstić information content (AvgIpc) is 2.90. The molecule has 0 aliphatic heterocycles. The molecule has 38 heavy (non-hydrogen) atoms. The zero-order valence-electron chi connectivity index (χ0n) is 21.7. The summed E-state index contributed by atoms with van der Waals surface area (Å²) in [5.74, 6) is -3.70. The highest BCUT2D eigenvalue weighted by Gasteiger charge is 2.38. The molecule has 0 aliphatic rings. The zero-order valence-corrected chi connectivity index (χ0v) is 21.7. The molecule has 10 nitrogen and oxygen atoms in total. The van der Waals surface area contributed by atoms with E-state index in [9.17, 15) is 34.8 Å². The standard InChI is InChI=1S/C28H28O10/c1-13-7-16(10-19(22(13)29)25(32)36-4)28(35,17-8-14(2)23(30)20(11-17)26(33)37-5)18-9-15(3)24(31)21(12-18)27(34)38-6/h7-12,29-31,35H,1-6H3. The number of esters is 3. The number of carbonyl (C=O) groups is 3. The van der Waals surface area contributed by atoms with Crippen LogP contribution < -0.4 is 0 Å². The van der Waals surface area contributed by atoms with Crippen molar-refractivity contribution in [1.29, 1.82) is 0 Å². The van der Waals surface area contributed by atoms with Crippen LogP contribution in [-0.2, 0) is 19.8 Å². The molecule has 0 saturated heterocycles. The van der Waals surface area contributed by atoms with Gasteiger partial charge in [-0.1, -0.05) is 0 Å². The van der Waals surface area contributed by atoms with Crippen molar-refractivity contribution in [3.05, 3.63) is 86.5 Å². The molecule has 3 aromatic carbocycles. The highest BCUT2D eigenvalue weighted by Crippen LogP contribution is 2.43. The van der Waals surface area contributed by atoms with Crippen LogP contribution in [0.25, 0.3) is 0 Å². The van der Waals surface area contributed by atoms with E-state index >= 15 is 0 Å². The Morgan fingerprint density at radius 1 is 0.553 bits per heavy atom. The van der Waals surface area contributed by atoms with Gasteiger partial charge in [-0.25, -0.2) is 14.4 Å². The van der Waals surface area contributed by atoms with Gasteiger partial charge in [0.05, 0.1) is 21.3 Å². The summed E-state index contributed by atoms with van der Waals surface area (Å²) in [6.07, 6.45) is 0. The van der Waals surface area contributed by atoms with Crippen LogP contribution in [0, 0.1) is 20.8 Å². The van der Waals surface area contributed by atoms with Gasteiger partial charge in [-0.2, -0.15) is 0 Å². The first-order chi connectivity index (χ1) is 17.8. The maximum absolute atomic E-state index is 12.5. The SMILES string of the molecule is COC(=O)c1cc(C(O)(c2cc(C)c(O)c(C(=O)OC)c2)c2cc(C)c(O)c(C(=O)OC)c2)cc(C)c1O. The quantitative estimate of drug-likeness (QED) is 0.214. The minimum absolute atomic E-state index is 0.0509. The molecule has 3 rings (SSSR count). The molecule has 0 unspecified atom stereocenters. The van der Waals surface area contributed by atoms with Crippen LogP contribution >= 0.6 is 0 Å². The molecule has 0 spiro atoms. The molecule has 0 heterocycles. The molecule has 0 saturated carbocycles. The van der Waals surface area contributed by atoms with Crippen molar-refractivity contribution in [1.82, 2.24) is 0 Å². The summed E-state index contributed by atoms with van der Waals surface area (Å²) in [6.45, 7) is 4.53. The lowest BCUT2D eigenvalue weighted by atomic mass is 9.77. The predicted molar refractivity (Wildman–Crippen MR) is 135 cm³/mol. The Morgan fingerprint density at radius 2 is 0.789 bits per heavy atom. The van der Waals surface area contributed by atoms with Gasteiger partial charge < -0.3 is 34.6 Å². The summed E-state index contributed by atoms with van der Waals surface area (Å²) in [6, 6.07) is 7.90. The topological polar surface area (TPSA) is 160 Å². The Hall–Kier alpha value is -4.57. The maximum atomic E-state index is 12.5. The monoisotopic (exact) mass is 524 g/mol. The van der Waals surface area contributed by atoms with Gasteiger partial charge in [0.2, 0.25) is 0 Å². The van der Waals surface area contributed by atoms with Gasteiger partial charge in [0.15, 0.2) is 0 Å². The van der Waals surface area contributed by atoms with Crippen molar-refractivity contribution in [2.24, 2.45) is 0 Å². The fraction of sp³-hybridized carbons (Fsp3) is 0.250. The number of benzene rings is 3. The van der Waals surface area contributed by atoms with Crippen LogP contribution in [0.4, 0.5) is 0 Å². The lowest BCUT2D eigenvalue weighted by molar-refractivity contribution is 0.0588. The second kappa shape index (κ2) is 10.4. The van der Waals surface area contributed by atoms with E-state index in [-0.39, 0.29) is 67.3 Å². The Morgan fingerprint density at radius 3 is 1.00 bits per heavy atom. The van der Waals surface area contributed by atoms with E-state index in [1.54, 1.807) is 0 Å². The lowest BCUT2D eigenvalue weighted by Gasteiger charge is -2.32. The number of rotatable bonds is 6. The van der Waals surface area contributed by atoms with E-state index in [1.165, 1.54) is 57.2 Å². The molecule has 0 fully saturated rings. The Balaban J connectivity index is 2.53. The predicted octanol–water partition coefficient (Wildman–Crippen LogP) is 3.37. The van der Waals surface area contributed by atoms with Gasteiger partial charge in [0, 0.05) is 0 Å². The first kappa shape index (κ1) is 28.0. The summed E-state index contributed by atoms with van der Waals surface area (Å²) in [4.78, 5) is 37.3. The van der Waals surface area contributed by atoms with Crippen molar-refractivity contribution in [3.63, 3.8) is 0 Å². The summed E-state index contributed by atoms with van der Waals surface area (Å²) in [5, 5.41) is 44.1. The third kappa shape index (κ3) is 4.61. The maximum Gasteiger partial charge on any atom is 0.341 e. The van der Waals surface area contributed by atoms with E-state index in [4.69, 9.17) is 14.2 Å². The molecule has 0 aromatic heterocycles. The van der Waals surface area contributed by atoms with Crippen LogP contribution in [-0.4, -0.2) is 59.7 Å². The third-order valence-electron chi connectivity index (χ3n) is 6.37. The number of phenols is 3. The molecule has 0 bridgehead atoms. The Labute approximate surface area is 218 Å². The lowest BCUT2D eigenvalue weighted by Crippen LogP contribution is -2.30. The van der Waals surface area contributed by atoms with Gasteiger partial charge in [0.25, 0.3) is 0 Å². The first-order valence-corrected chi connectivity index (χ1v) is 11.3. The van der Waals surface area contributed by atoms with Gasteiger partial charge in [0.1, 0.15) is 39.5 Å². The molecule has 0 atom stereocenters. The smallest absolute Gasteiger partial charge is 0.341 e. The largest absolute Gasteiger partial charge is 0.507 e. The van der Waals surface area contributed by atoms with Crippen molar-refractivity contribution in [2.75, 3.05) is 21.3 Å². The third-order valence-corrected chi connectivity index (χ3v) is 6.37. The van der Waals surface area contributed by atoms with Gasteiger partial charge in [-0.3, -0.25) is 0 Å². The van der Waals surface area contributed by atoms with E-state index < -0.39 is 23.5 Å². The van der Waals surface area contributed by atoms with Gasteiger partial charge >= 0.3 is 17.9 Å². The van der Waals surface area contributed by atoms with Gasteiger partial charge in [-0.05, 0) is 90.6 Å². The normalized spacial score (nSPS) is 11.1. The summed E-state index contributed by atoms with van der Waals surface area (Å²) < 4.78 is 14.3. The Bertz CT molecular complexity index is 1280. The number of hydrogen-bond acceptors (Lipinski definition) is 10. The molecular formula is C28H28O10. The zero-order chi connectivity index (χ0) is 28.5. The Kier molecular flexibility index (Phi) is 7.69. The summed E-state index contributed by atoms with van der Waals surface area (Å²) >= 11 is 0. The number of aryl methyl sites for hydroxylation is 3. The van der Waals surface area contributed by atoms with Crippen molar-refractivity contribution < 1.29 is 49.0 Å². The second-order valence-corrected chi connectivity index (χ2v) is 8.75. The van der Waals surface area contributed by atoms with E-state index in [1.807, 2.05) is 0 Å². The minimum atomic E-state index is -2.20. The molecular weight excluding hydrogens is 496 g/mol. The summed E-state index contributed by atoms with van der Waals surface area (Å²) in [7, 11) is 3.40. The number of hydrogen-bond donors (Lipinski definition) is 4. The van der Waals surface area contributed by atoms with Crippen LogP contribution in [0.1, 0.15) is 64.5 Å². The molecule has 200 valence electrons. The minimum Gasteiger partial charge on any atom is -0.507 e. The van der Waals surface area contributed by atoms with Crippen LogP contribution in [0.5, 0.6) is 17.2 Å². The number of ether oxygens (including phenoxy) is 3. The van der Waals surface area contributed by atoms with Crippen LogP contribution in [0.15, 0.2) is 36.4 Å². The molecule has 3 aromatic rings. The van der Waals surface area contributed by atoms with Crippen molar-refractivity contribution in [3.8, 4) is 17.2 Å². The highest BCUT2D eigenvalue weighted by molar-refractivity contribution is 5.95. The number of carbonyl (C=O) groups excluding carboxylic acids is 3. The van der Waals surface area contributed by atoms with E-state index in [0.717, 1.165) is 21.3 Å². The number of methoxy groups -OCH3 is 3. The second-order valence-electron chi connectivity index (χ2n) is 8.75. The van der Waals surface area contributed by atoms with Crippen molar-refractivity contribution >= 4 is 17.9 Å². The summed E-state index contributed by atoms with van der Waals surface area (Å²) in [5.41, 5.74) is -2.13. The van der Waals surface area contributed by atoms with Crippen LogP contribution in [0.3, 0.4) is 0 Å². The molecule has 0 amide bonds. The van der Waals surface area contributed by atoms with Crippen LogP contribution in [0.2, 0.25) is 0 Å². The first-order valence-electron chi connectivity index (χ1n) is 11.3. The van der Waals surface area contributed by atoms with E-state index in [0.29, 0.717) is 0 Å².